The van der Waals surface area contributed by atoms with E-state index in [0.717, 1.165) is 25.5 Å². The van der Waals surface area contributed by atoms with Crippen LogP contribution < -0.4 is 4.73 Å². The van der Waals surface area contributed by atoms with E-state index in [-0.39, 0.29) is 5.03 Å². The minimum atomic E-state index is -3.73. The predicted octanol–water partition coefficient (Wildman–Crippen LogP) is 2.24. The molecule has 0 spiro atoms. The van der Waals surface area contributed by atoms with Gasteiger partial charge in [-0.1, -0.05) is 26.2 Å². The van der Waals surface area contributed by atoms with E-state index in [1.54, 1.807) is 0 Å². The molecule has 1 aromatic heterocycles. The molecule has 0 saturated heterocycles. The summed E-state index contributed by atoms with van der Waals surface area (Å²) in [4.78, 5) is 0. The normalized spacial score (nSPS) is 13.5. The van der Waals surface area contributed by atoms with Crippen molar-refractivity contribution < 1.29 is 13.1 Å². The third-order valence-corrected chi connectivity index (χ3v) is 5.18. The van der Waals surface area contributed by atoms with Gasteiger partial charge in [-0.15, -0.1) is 11.6 Å². The van der Waals surface area contributed by atoms with Gasteiger partial charge in [0.15, 0.2) is 6.20 Å². The third-order valence-electron chi connectivity index (χ3n) is 2.45. The second-order valence-corrected chi connectivity index (χ2v) is 6.68. The molecule has 1 aromatic rings. The summed E-state index contributed by atoms with van der Waals surface area (Å²) in [6.07, 6.45) is 4.20. The van der Waals surface area contributed by atoms with E-state index in [4.69, 9.17) is 11.6 Å². The topological polar surface area (TPSA) is 61.1 Å². The van der Waals surface area contributed by atoms with Gasteiger partial charge in [0.25, 0.3) is 9.84 Å². The Bertz CT molecular complexity index is 462. The summed E-state index contributed by atoms with van der Waals surface area (Å²) in [5.74, 6) is 0. The van der Waals surface area contributed by atoms with Gasteiger partial charge in [0.05, 0.1) is 0 Å². The van der Waals surface area contributed by atoms with Crippen LogP contribution in [0, 0.1) is 5.21 Å². The van der Waals surface area contributed by atoms with Crippen LogP contribution in [0.15, 0.2) is 29.4 Å². The number of sulfone groups is 1. The van der Waals surface area contributed by atoms with Gasteiger partial charge >= 0.3 is 5.03 Å². The Kier molecular flexibility index (Phi) is 5.21. The molecule has 1 unspecified atom stereocenters. The first-order valence-corrected chi connectivity index (χ1v) is 7.54. The van der Waals surface area contributed by atoms with Crippen molar-refractivity contribution in [1.29, 1.82) is 0 Å². The molecule has 0 aliphatic heterocycles. The zero-order chi connectivity index (χ0) is 12.9. The van der Waals surface area contributed by atoms with Gasteiger partial charge in [-0.25, -0.2) is 8.42 Å². The van der Waals surface area contributed by atoms with Gasteiger partial charge in [0.1, 0.15) is 4.71 Å². The quantitative estimate of drug-likeness (QED) is 0.347. The predicted molar refractivity (Wildman–Crippen MR) is 66.4 cm³/mol. The van der Waals surface area contributed by atoms with Crippen LogP contribution in [-0.2, 0) is 9.84 Å². The maximum Gasteiger partial charge on any atom is 0.310 e. The highest BCUT2D eigenvalue weighted by molar-refractivity contribution is 7.93. The lowest BCUT2D eigenvalue weighted by Crippen LogP contribution is -2.35. The summed E-state index contributed by atoms with van der Waals surface area (Å²) < 4.78 is 23.3. The SMILES string of the molecule is CCCCCC(Cl)S(=O)(=O)c1cccc[n+]1[O-]. The van der Waals surface area contributed by atoms with E-state index in [2.05, 4.69) is 0 Å². The summed E-state index contributed by atoms with van der Waals surface area (Å²) in [7, 11) is -3.73. The Balaban J connectivity index is 2.85. The minimum Gasteiger partial charge on any atom is -0.618 e. The molecule has 0 aromatic carbocycles. The Morgan fingerprint density at radius 1 is 1.41 bits per heavy atom. The molecule has 96 valence electrons. The Labute approximate surface area is 107 Å². The fourth-order valence-electron chi connectivity index (χ4n) is 1.47. The van der Waals surface area contributed by atoms with Crippen LogP contribution in [0.1, 0.15) is 32.6 Å². The molecule has 6 heteroatoms. The lowest BCUT2D eigenvalue weighted by Gasteiger charge is -2.10. The van der Waals surface area contributed by atoms with Crippen molar-refractivity contribution in [2.24, 2.45) is 0 Å². The molecule has 0 aliphatic carbocycles. The van der Waals surface area contributed by atoms with Crippen molar-refractivity contribution in [1.82, 2.24) is 0 Å². The van der Waals surface area contributed by atoms with Gasteiger partial charge in [0.2, 0.25) is 0 Å². The highest BCUT2D eigenvalue weighted by Crippen LogP contribution is 2.20. The molecule has 0 N–H and O–H groups in total. The van der Waals surface area contributed by atoms with Crippen LogP contribution in [0.2, 0.25) is 0 Å². The second kappa shape index (κ2) is 6.21. The summed E-state index contributed by atoms with van der Waals surface area (Å²) in [6.45, 7) is 2.03. The zero-order valence-electron chi connectivity index (χ0n) is 9.67. The van der Waals surface area contributed by atoms with Crippen molar-refractivity contribution in [2.45, 2.75) is 42.3 Å². The summed E-state index contributed by atoms with van der Waals surface area (Å²) in [5.41, 5.74) is 0. The van der Waals surface area contributed by atoms with Crippen molar-refractivity contribution >= 4 is 21.4 Å². The fraction of sp³-hybridized carbons (Fsp3) is 0.545. The molecule has 0 amide bonds. The van der Waals surface area contributed by atoms with E-state index >= 15 is 0 Å². The van der Waals surface area contributed by atoms with Crippen LogP contribution in [-0.4, -0.2) is 13.1 Å². The highest BCUT2D eigenvalue weighted by atomic mass is 35.5. The first kappa shape index (κ1) is 14.3. The van der Waals surface area contributed by atoms with Crippen LogP contribution >= 0.6 is 11.6 Å². The van der Waals surface area contributed by atoms with Crippen molar-refractivity contribution in [3.63, 3.8) is 0 Å². The van der Waals surface area contributed by atoms with Gasteiger partial charge < -0.3 is 5.21 Å². The van der Waals surface area contributed by atoms with Gasteiger partial charge in [-0.3, -0.25) is 0 Å². The molecule has 1 heterocycles. The Morgan fingerprint density at radius 3 is 2.71 bits per heavy atom. The summed E-state index contributed by atoms with van der Waals surface area (Å²) in [5, 5.41) is 11.1. The lowest BCUT2D eigenvalue weighted by molar-refractivity contribution is -0.646. The third kappa shape index (κ3) is 3.57. The molecule has 4 nitrogen and oxygen atoms in total. The van der Waals surface area contributed by atoms with Gasteiger partial charge in [0, 0.05) is 12.1 Å². The molecule has 0 saturated carbocycles. The van der Waals surface area contributed by atoms with E-state index in [1.165, 1.54) is 18.2 Å². The smallest absolute Gasteiger partial charge is 0.310 e. The Morgan fingerprint density at radius 2 is 2.12 bits per heavy atom. The number of aromatic nitrogens is 1. The fourth-order valence-corrected chi connectivity index (χ4v) is 3.22. The lowest BCUT2D eigenvalue weighted by atomic mass is 10.2. The monoisotopic (exact) mass is 277 g/mol. The van der Waals surface area contributed by atoms with Crippen LogP contribution in [0.4, 0.5) is 0 Å². The standard InChI is InChI=1S/C11H16ClNO3S/c1-2-3-4-7-10(12)17(15,16)11-8-5-6-9-13(11)14/h5-6,8-10H,2-4,7H2,1H3. The van der Waals surface area contributed by atoms with Crippen LogP contribution in [0.5, 0.6) is 0 Å². The summed E-state index contributed by atoms with van der Waals surface area (Å²) in [6, 6.07) is 4.26. The average molecular weight is 278 g/mol. The highest BCUT2D eigenvalue weighted by Gasteiger charge is 2.31. The molecular weight excluding hydrogens is 262 g/mol. The number of rotatable bonds is 6. The molecule has 1 rings (SSSR count). The van der Waals surface area contributed by atoms with Crippen molar-refractivity contribution in [2.75, 3.05) is 0 Å². The van der Waals surface area contributed by atoms with Crippen molar-refractivity contribution in [3.8, 4) is 0 Å². The van der Waals surface area contributed by atoms with Crippen LogP contribution in [0.3, 0.4) is 0 Å². The number of halogens is 1. The van der Waals surface area contributed by atoms with Gasteiger partial charge in [-0.05, 0) is 12.5 Å². The second-order valence-electron chi connectivity index (χ2n) is 3.82. The number of nitrogens with zero attached hydrogens (tertiary/aromatic N) is 1. The summed E-state index contributed by atoms with van der Waals surface area (Å²) >= 11 is 5.87. The molecular formula is C11H16ClNO3S. The number of alkyl halides is 1. The van der Waals surface area contributed by atoms with E-state index in [0.29, 0.717) is 11.2 Å². The minimum absolute atomic E-state index is 0.281. The molecule has 0 radical (unpaired) electrons. The van der Waals surface area contributed by atoms with E-state index in [9.17, 15) is 13.6 Å². The average Bonchev–Trinajstić information content (AvgIpc) is 2.29. The maximum absolute atomic E-state index is 12.0. The van der Waals surface area contributed by atoms with E-state index in [1.807, 2.05) is 6.92 Å². The zero-order valence-corrected chi connectivity index (χ0v) is 11.2. The first-order valence-electron chi connectivity index (χ1n) is 5.56. The first-order chi connectivity index (χ1) is 8.00. The molecule has 17 heavy (non-hydrogen) atoms. The van der Waals surface area contributed by atoms with Gasteiger partial charge in [-0.2, -0.15) is 4.73 Å². The Hall–Kier alpha value is -0.810. The molecule has 0 aliphatic rings. The maximum atomic E-state index is 12.0. The van der Waals surface area contributed by atoms with E-state index < -0.39 is 14.5 Å². The molecule has 0 bridgehead atoms. The number of unbranched alkanes of at least 4 members (excludes halogenated alkanes) is 2. The number of pyridine rings is 1. The number of hydrogen-bond donors (Lipinski definition) is 0. The largest absolute Gasteiger partial charge is 0.618 e. The molecule has 0 fully saturated rings. The van der Waals surface area contributed by atoms with Crippen molar-refractivity contribution in [3.05, 3.63) is 29.6 Å². The van der Waals surface area contributed by atoms with Crippen LogP contribution in [0.25, 0.3) is 0 Å². The molecule has 1 atom stereocenters. The number of hydrogen-bond acceptors (Lipinski definition) is 3.